The number of carbonyl (C=O) groups is 1. The summed E-state index contributed by atoms with van der Waals surface area (Å²) in [6.45, 7) is 1.83. The lowest BCUT2D eigenvalue weighted by Crippen LogP contribution is -2.10. The van der Waals surface area contributed by atoms with Crippen molar-refractivity contribution in [3.8, 4) is 11.5 Å². The Balaban J connectivity index is 2.28. The highest BCUT2D eigenvalue weighted by Crippen LogP contribution is 2.26. The smallest absolute Gasteiger partial charge is 0.341 e. The van der Waals surface area contributed by atoms with Crippen molar-refractivity contribution in [1.82, 2.24) is 0 Å². The molecule has 0 saturated heterocycles. The number of hydrogen-bond donors (Lipinski definition) is 1. The second kappa shape index (κ2) is 6.07. The summed E-state index contributed by atoms with van der Waals surface area (Å²) in [5, 5.41) is 9.72. The molecule has 0 saturated carbocycles. The van der Waals surface area contributed by atoms with Crippen molar-refractivity contribution in [2.24, 2.45) is 0 Å². The van der Waals surface area contributed by atoms with E-state index in [0.717, 1.165) is 11.6 Å². The highest BCUT2D eigenvalue weighted by molar-refractivity contribution is 7.87. The molecule has 6 nitrogen and oxygen atoms in total. The molecule has 0 bridgehead atoms. The summed E-state index contributed by atoms with van der Waals surface area (Å²) < 4.78 is 33.6. The minimum absolute atomic E-state index is 0.00497. The molecule has 0 radical (unpaired) electrons. The standard InChI is InChI=1S/C15H14O6S/c1-10-3-6-12(7-4-10)22(18,19)21-11-5-8-13(14(16)9-11)15(17)20-2/h3-9,16H,1-2H3. The fourth-order valence-corrected chi connectivity index (χ4v) is 2.65. The molecule has 2 aromatic carbocycles. The normalized spacial score (nSPS) is 11.0. The van der Waals surface area contributed by atoms with E-state index in [-0.39, 0.29) is 16.2 Å². The van der Waals surface area contributed by atoms with Crippen LogP contribution in [-0.4, -0.2) is 26.6 Å². The van der Waals surface area contributed by atoms with Crippen LogP contribution in [0.25, 0.3) is 0 Å². The Morgan fingerprint density at radius 3 is 2.27 bits per heavy atom. The molecule has 116 valence electrons. The average molecular weight is 322 g/mol. The Bertz CT molecular complexity index is 793. The lowest BCUT2D eigenvalue weighted by atomic mass is 10.2. The molecule has 0 heterocycles. The first-order valence-corrected chi connectivity index (χ1v) is 7.67. The van der Waals surface area contributed by atoms with E-state index in [1.165, 1.54) is 31.4 Å². The molecule has 1 N–H and O–H groups in total. The molecule has 0 amide bonds. The van der Waals surface area contributed by atoms with Gasteiger partial charge in [0.05, 0.1) is 7.11 Å². The first kappa shape index (κ1) is 15.8. The number of phenols is 1. The minimum atomic E-state index is -4.01. The van der Waals surface area contributed by atoms with Crippen molar-refractivity contribution in [3.63, 3.8) is 0 Å². The fraction of sp³-hybridized carbons (Fsp3) is 0.133. The van der Waals surface area contributed by atoms with Crippen LogP contribution in [0.4, 0.5) is 0 Å². The van der Waals surface area contributed by atoms with Gasteiger partial charge in [0.25, 0.3) is 0 Å². The van der Waals surface area contributed by atoms with Gasteiger partial charge in [-0.05, 0) is 31.2 Å². The van der Waals surface area contributed by atoms with Crippen LogP contribution in [0.2, 0.25) is 0 Å². The number of esters is 1. The van der Waals surface area contributed by atoms with E-state index in [0.29, 0.717) is 0 Å². The molecule has 0 aromatic heterocycles. The number of phenolic OH excluding ortho intramolecular Hbond substituents is 1. The Kier molecular flexibility index (Phi) is 4.37. The molecular weight excluding hydrogens is 308 g/mol. The molecule has 0 unspecified atom stereocenters. The summed E-state index contributed by atoms with van der Waals surface area (Å²) in [6.07, 6.45) is 0. The van der Waals surface area contributed by atoms with Crippen molar-refractivity contribution in [3.05, 3.63) is 53.6 Å². The molecule has 2 rings (SSSR count). The zero-order valence-electron chi connectivity index (χ0n) is 11.9. The number of benzene rings is 2. The summed E-state index contributed by atoms with van der Waals surface area (Å²) in [6, 6.07) is 9.67. The van der Waals surface area contributed by atoms with E-state index >= 15 is 0 Å². The van der Waals surface area contributed by atoms with Gasteiger partial charge < -0.3 is 14.0 Å². The van der Waals surface area contributed by atoms with Gasteiger partial charge in [-0.25, -0.2) is 4.79 Å². The molecule has 0 aliphatic heterocycles. The van der Waals surface area contributed by atoms with E-state index in [1.807, 2.05) is 6.92 Å². The van der Waals surface area contributed by atoms with Gasteiger partial charge in [0.15, 0.2) is 0 Å². The van der Waals surface area contributed by atoms with Gasteiger partial charge in [-0.2, -0.15) is 8.42 Å². The zero-order chi connectivity index (χ0) is 16.3. The number of hydrogen-bond acceptors (Lipinski definition) is 6. The molecule has 0 fully saturated rings. The van der Waals surface area contributed by atoms with Crippen LogP contribution in [0.1, 0.15) is 15.9 Å². The van der Waals surface area contributed by atoms with Crippen molar-refractivity contribution in [1.29, 1.82) is 0 Å². The summed E-state index contributed by atoms with van der Waals surface area (Å²) in [7, 11) is -2.84. The highest BCUT2D eigenvalue weighted by Gasteiger charge is 2.18. The van der Waals surface area contributed by atoms with Crippen molar-refractivity contribution < 1.29 is 27.2 Å². The molecule has 22 heavy (non-hydrogen) atoms. The third-order valence-corrected chi connectivity index (χ3v) is 4.15. The zero-order valence-corrected chi connectivity index (χ0v) is 12.8. The third kappa shape index (κ3) is 3.37. The SMILES string of the molecule is COC(=O)c1ccc(OS(=O)(=O)c2ccc(C)cc2)cc1O. The number of aromatic hydroxyl groups is 1. The lowest BCUT2D eigenvalue weighted by molar-refractivity contribution is 0.0597. The fourth-order valence-electron chi connectivity index (χ4n) is 1.73. The molecule has 0 aliphatic carbocycles. The Hall–Kier alpha value is -2.54. The van der Waals surface area contributed by atoms with Gasteiger partial charge in [-0.3, -0.25) is 0 Å². The van der Waals surface area contributed by atoms with Gasteiger partial charge in [-0.1, -0.05) is 17.7 Å². The number of aryl methyl sites for hydroxylation is 1. The lowest BCUT2D eigenvalue weighted by Gasteiger charge is -2.09. The Morgan fingerprint density at radius 2 is 1.73 bits per heavy atom. The van der Waals surface area contributed by atoms with Crippen molar-refractivity contribution in [2.75, 3.05) is 7.11 Å². The molecule has 0 aliphatic rings. The van der Waals surface area contributed by atoms with E-state index in [4.69, 9.17) is 4.18 Å². The van der Waals surface area contributed by atoms with Gasteiger partial charge >= 0.3 is 16.1 Å². The summed E-state index contributed by atoms with van der Waals surface area (Å²) in [4.78, 5) is 11.3. The summed E-state index contributed by atoms with van der Waals surface area (Å²) in [5.41, 5.74) is 0.835. The van der Waals surface area contributed by atoms with E-state index in [1.54, 1.807) is 12.1 Å². The third-order valence-electron chi connectivity index (χ3n) is 2.89. The van der Waals surface area contributed by atoms with Crippen molar-refractivity contribution in [2.45, 2.75) is 11.8 Å². The van der Waals surface area contributed by atoms with Gasteiger partial charge in [0.1, 0.15) is 22.0 Å². The van der Waals surface area contributed by atoms with E-state index < -0.39 is 21.8 Å². The average Bonchev–Trinajstić information content (AvgIpc) is 2.46. The predicted octanol–water partition coefficient (Wildman–Crippen LogP) is 2.25. The second-order valence-corrected chi connectivity index (χ2v) is 6.07. The topological polar surface area (TPSA) is 89.9 Å². The maximum Gasteiger partial charge on any atom is 0.341 e. The largest absolute Gasteiger partial charge is 0.507 e. The van der Waals surface area contributed by atoms with Crippen LogP contribution in [0.5, 0.6) is 11.5 Å². The number of carbonyl (C=O) groups excluding carboxylic acids is 1. The van der Waals surface area contributed by atoms with Crippen LogP contribution in [0.15, 0.2) is 47.4 Å². The predicted molar refractivity (Wildman–Crippen MR) is 78.4 cm³/mol. The van der Waals surface area contributed by atoms with Crippen LogP contribution < -0.4 is 4.18 Å². The number of ether oxygens (including phenoxy) is 1. The van der Waals surface area contributed by atoms with Crippen LogP contribution in [0.3, 0.4) is 0 Å². The number of rotatable bonds is 4. The second-order valence-electron chi connectivity index (χ2n) is 4.52. The van der Waals surface area contributed by atoms with E-state index in [9.17, 15) is 18.3 Å². The van der Waals surface area contributed by atoms with Gasteiger partial charge in [-0.15, -0.1) is 0 Å². The maximum atomic E-state index is 12.1. The molecular formula is C15H14O6S. The molecule has 0 atom stereocenters. The first-order chi connectivity index (χ1) is 10.3. The summed E-state index contributed by atoms with van der Waals surface area (Å²) in [5.74, 6) is -1.26. The highest BCUT2D eigenvalue weighted by atomic mass is 32.2. The monoisotopic (exact) mass is 322 g/mol. The minimum Gasteiger partial charge on any atom is -0.507 e. The first-order valence-electron chi connectivity index (χ1n) is 6.26. The number of methoxy groups -OCH3 is 1. The van der Waals surface area contributed by atoms with Gasteiger partial charge in [0, 0.05) is 6.07 Å². The molecule has 2 aromatic rings. The van der Waals surface area contributed by atoms with Crippen LogP contribution >= 0.6 is 0 Å². The Morgan fingerprint density at radius 1 is 1.09 bits per heavy atom. The van der Waals surface area contributed by atoms with E-state index in [2.05, 4.69) is 4.74 Å². The maximum absolute atomic E-state index is 12.1. The van der Waals surface area contributed by atoms with Gasteiger partial charge in [0.2, 0.25) is 0 Å². The summed E-state index contributed by atoms with van der Waals surface area (Å²) >= 11 is 0. The van der Waals surface area contributed by atoms with Crippen LogP contribution in [-0.2, 0) is 14.9 Å². The Labute approximate surface area is 128 Å². The quantitative estimate of drug-likeness (QED) is 0.686. The molecule has 0 spiro atoms. The molecule has 7 heteroatoms. The van der Waals surface area contributed by atoms with Crippen LogP contribution in [0, 0.1) is 6.92 Å². The van der Waals surface area contributed by atoms with Crippen molar-refractivity contribution >= 4 is 16.1 Å².